The van der Waals surface area contributed by atoms with Crippen molar-refractivity contribution in [2.45, 2.75) is 13.0 Å². The van der Waals surface area contributed by atoms with E-state index >= 15 is 0 Å². The van der Waals surface area contributed by atoms with Crippen molar-refractivity contribution in [2.75, 3.05) is 0 Å². The van der Waals surface area contributed by atoms with Crippen LogP contribution < -0.4 is 0 Å². The first-order valence-corrected chi connectivity index (χ1v) is 6.07. The topological polar surface area (TPSA) is 20.2 Å². The molecule has 0 spiro atoms. The predicted molar refractivity (Wildman–Crippen MR) is 69.3 cm³/mol. The van der Waals surface area contributed by atoms with Gasteiger partial charge in [0.15, 0.2) is 0 Å². The van der Waals surface area contributed by atoms with Gasteiger partial charge in [-0.15, -0.1) is 0 Å². The summed E-state index contributed by atoms with van der Waals surface area (Å²) in [7, 11) is 0. The Morgan fingerprint density at radius 3 is 2.47 bits per heavy atom. The van der Waals surface area contributed by atoms with E-state index in [9.17, 15) is 9.50 Å². The number of benzene rings is 2. The molecule has 0 fully saturated rings. The van der Waals surface area contributed by atoms with E-state index in [0.717, 1.165) is 10.0 Å². The van der Waals surface area contributed by atoms with Gasteiger partial charge in [-0.25, -0.2) is 4.39 Å². The molecule has 0 radical (unpaired) electrons. The number of halogens is 2. The van der Waals surface area contributed by atoms with E-state index in [2.05, 4.69) is 15.9 Å². The van der Waals surface area contributed by atoms with Crippen molar-refractivity contribution < 1.29 is 9.50 Å². The van der Waals surface area contributed by atoms with Gasteiger partial charge in [0.25, 0.3) is 0 Å². The van der Waals surface area contributed by atoms with Gasteiger partial charge in [0.2, 0.25) is 0 Å². The van der Waals surface area contributed by atoms with Crippen molar-refractivity contribution in [2.24, 2.45) is 0 Å². The van der Waals surface area contributed by atoms with Gasteiger partial charge in [-0.1, -0.05) is 40.2 Å². The van der Waals surface area contributed by atoms with Gasteiger partial charge in [0.05, 0.1) is 0 Å². The fourth-order valence-electron chi connectivity index (χ4n) is 1.65. The molecule has 17 heavy (non-hydrogen) atoms. The Hall–Kier alpha value is -1.19. The maximum absolute atomic E-state index is 13.4. The molecule has 0 aromatic heterocycles. The molecule has 2 rings (SSSR count). The second-order valence-corrected chi connectivity index (χ2v) is 4.88. The molecular formula is C14H12BrFO. The van der Waals surface area contributed by atoms with Crippen molar-refractivity contribution in [1.29, 1.82) is 0 Å². The highest BCUT2D eigenvalue weighted by atomic mass is 79.9. The monoisotopic (exact) mass is 294 g/mol. The average Bonchev–Trinajstić information content (AvgIpc) is 2.32. The van der Waals surface area contributed by atoms with Crippen LogP contribution in [0.1, 0.15) is 22.8 Å². The van der Waals surface area contributed by atoms with E-state index < -0.39 is 6.10 Å². The van der Waals surface area contributed by atoms with Crippen LogP contribution in [0, 0.1) is 12.7 Å². The summed E-state index contributed by atoms with van der Waals surface area (Å²) in [4.78, 5) is 0. The number of hydrogen-bond donors (Lipinski definition) is 1. The molecule has 1 atom stereocenters. The summed E-state index contributed by atoms with van der Waals surface area (Å²) in [6.07, 6.45) is -0.803. The maximum atomic E-state index is 13.4. The summed E-state index contributed by atoms with van der Waals surface area (Å²) in [6, 6.07) is 12.1. The van der Waals surface area contributed by atoms with Gasteiger partial charge >= 0.3 is 0 Å². The van der Waals surface area contributed by atoms with Gasteiger partial charge in [-0.3, -0.25) is 0 Å². The van der Waals surface area contributed by atoms with Crippen molar-refractivity contribution in [3.05, 3.63) is 69.4 Å². The van der Waals surface area contributed by atoms with Gasteiger partial charge < -0.3 is 5.11 Å². The summed E-state index contributed by atoms with van der Waals surface area (Å²) >= 11 is 3.34. The fraction of sp³-hybridized carbons (Fsp3) is 0.143. The molecule has 2 aromatic rings. The molecule has 0 heterocycles. The zero-order valence-electron chi connectivity index (χ0n) is 9.32. The Balaban J connectivity index is 2.36. The number of aryl methyl sites for hydroxylation is 1. The van der Waals surface area contributed by atoms with Gasteiger partial charge in [-0.05, 0) is 41.8 Å². The fourth-order valence-corrected chi connectivity index (χ4v) is 2.07. The molecule has 0 aliphatic carbocycles. The van der Waals surface area contributed by atoms with E-state index in [1.54, 1.807) is 19.1 Å². The molecule has 0 aliphatic rings. The first kappa shape index (κ1) is 12.3. The summed E-state index contributed by atoms with van der Waals surface area (Å²) < 4.78 is 14.3. The van der Waals surface area contributed by atoms with Crippen LogP contribution in [0.2, 0.25) is 0 Å². The van der Waals surface area contributed by atoms with E-state index in [-0.39, 0.29) is 5.82 Å². The second-order valence-electron chi connectivity index (χ2n) is 3.97. The van der Waals surface area contributed by atoms with Crippen LogP contribution in [0.25, 0.3) is 0 Å². The largest absolute Gasteiger partial charge is 0.384 e. The summed E-state index contributed by atoms with van der Waals surface area (Å²) in [5, 5.41) is 10.1. The quantitative estimate of drug-likeness (QED) is 0.888. The molecule has 1 unspecified atom stereocenters. The molecule has 1 N–H and O–H groups in total. The standard InChI is InChI=1S/C14H12BrFO/c1-9-5-6-11(8-13(9)16)14(17)10-3-2-4-12(15)7-10/h2-8,14,17H,1H3. The Morgan fingerprint density at radius 2 is 1.82 bits per heavy atom. The molecule has 0 saturated carbocycles. The normalized spacial score (nSPS) is 12.5. The Labute approximate surface area is 108 Å². The summed E-state index contributed by atoms with van der Waals surface area (Å²) in [5.74, 6) is -0.295. The summed E-state index contributed by atoms with van der Waals surface area (Å²) in [5.41, 5.74) is 1.88. The zero-order valence-corrected chi connectivity index (χ0v) is 10.9. The van der Waals surface area contributed by atoms with Crippen molar-refractivity contribution in [3.63, 3.8) is 0 Å². The lowest BCUT2D eigenvalue weighted by atomic mass is 10.0. The third-order valence-electron chi connectivity index (χ3n) is 2.68. The van der Waals surface area contributed by atoms with Crippen molar-refractivity contribution in [3.8, 4) is 0 Å². The van der Waals surface area contributed by atoms with Gasteiger partial charge in [-0.2, -0.15) is 0 Å². The third kappa shape index (κ3) is 2.73. The highest BCUT2D eigenvalue weighted by Crippen LogP contribution is 2.25. The lowest BCUT2D eigenvalue weighted by Gasteiger charge is -2.12. The van der Waals surface area contributed by atoms with Crippen LogP contribution in [0.3, 0.4) is 0 Å². The number of hydrogen-bond acceptors (Lipinski definition) is 1. The Morgan fingerprint density at radius 1 is 1.12 bits per heavy atom. The first-order chi connectivity index (χ1) is 8.08. The van der Waals surface area contributed by atoms with Crippen LogP contribution in [0.4, 0.5) is 4.39 Å². The van der Waals surface area contributed by atoms with Crippen LogP contribution >= 0.6 is 15.9 Å². The molecule has 3 heteroatoms. The molecule has 0 aliphatic heterocycles. The highest BCUT2D eigenvalue weighted by molar-refractivity contribution is 9.10. The lowest BCUT2D eigenvalue weighted by molar-refractivity contribution is 0.219. The first-order valence-electron chi connectivity index (χ1n) is 5.27. The highest BCUT2D eigenvalue weighted by Gasteiger charge is 2.12. The SMILES string of the molecule is Cc1ccc(C(O)c2cccc(Br)c2)cc1F. The molecule has 0 amide bonds. The minimum absolute atomic E-state index is 0.295. The van der Waals surface area contributed by atoms with Crippen molar-refractivity contribution >= 4 is 15.9 Å². The molecular weight excluding hydrogens is 283 g/mol. The van der Waals surface area contributed by atoms with E-state index in [4.69, 9.17) is 0 Å². The number of aliphatic hydroxyl groups is 1. The molecule has 0 saturated heterocycles. The minimum atomic E-state index is -0.803. The maximum Gasteiger partial charge on any atom is 0.126 e. The molecule has 88 valence electrons. The number of rotatable bonds is 2. The second kappa shape index (κ2) is 4.98. The zero-order chi connectivity index (χ0) is 12.4. The predicted octanol–water partition coefficient (Wildman–Crippen LogP) is 3.98. The van der Waals surface area contributed by atoms with E-state index in [1.807, 2.05) is 24.3 Å². The van der Waals surface area contributed by atoms with Gasteiger partial charge in [0.1, 0.15) is 11.9 Å². The summed E-state index contributed by atoms with van der Waals surface area (Å²) in [6.45, 7) is 1.70. The van der Waals surface area contributed by atoms with Crippen LogP contribution in [0.15, 0.2) is 46.9 Å². The average molecular weight is 295 g/mol. The Bertz CT molecular complexity index is 539. The number of aliphatic hydroxyl groups excluding tert-OH is 1. The third-order valence-corrected chi connectivity index (χ3v) is 3.17. The van der Waals surface area contributed by atoms with E-state index in [0.29, 0.717) is 11.1 Å². The van der Waals surface area contributed by atoms with Crippen LogP contribution in [-0.2, 0) is 0 Å². The molecule has 1 nitrogen and oxygen atoms in total. The molecule has 2 aromatic carbocycles. The van der Waals surface area contributed by atoms with E-state index in [1.165, 1.54) is 6.07 Å². The van der Waals surface area contributed by atoms with Crippen LogP contribution in [0.5, 0.6) is 0 Å². The smallest absolute Gasteiger partial charge is 0.126 e. The Kier molecular flexibility index (Phi) is 3.60. The lowest BCUT2D eigenvalue weighted by Crippen LogP contribution is -2.00. The van der Waals surface area contributed by atoms with Gasteiger partial charge in [0, 0.05) is 4.47 Å². The minimum Gasteiger partial charge on any atom is -0.384 e. The molecule has 0 bridgehead atoms. The van der Waals surface area contributed by atoms with Crippen LogP contribution in [-0.4, -0.2) is 5.11 Å². The van der Waals surface area contributed by atoms with Crippen molar-refractivity contribution in [1.82, 2.24) is 0 Å².